The Balaban J connectivity index is 2.09. The lowest BCUT2D eigenvalue weighted by molar-refractivity contribution is -0.627. The van der Waals surface area contributed by atoms with Crippen molar-refractivity contribution >= 4 is 34.5 Å². The van der Waals surface area contributed by atoms with E-state index in [9.17, 15) is 0 Å². The van der Waals surface area contributed by atoms with Crippen LogP contribution in [0.25, 0.3) is 22.1 Å². The summed E-state index contributed by atoms with van der Waals surface area (Å²) in [7, 11) is 4.50. The summed E-state index contributed by atoms with van der Waals surface area (Å²) >= 11 is 0. The van der Waals surface area contributed by atoms with Gasteiger partial charge in [-0.1, -0.05) is 76.5 Å². The highest BCUT2D eigenvalue weighted by atomic mass is 15.1. The van der Waals surface area contributed by atoms with Crippen LogP contribution >= 0.6 is 0 Å². The highest BCUT2D eigenvalue weighted by Crippen LogP contribution is 2.31. The Morgan fingerprint density at radius 1 is 0.933 bits per heavy atom. The molecule has 0 atom stereocenters. The minimum Gasteiger partial charge on any atom is -0.407 e. The minimum absolute atomic E-state index is 0.0557. The molecule has 0 aliphatic carbocycles. The Labute approximate surface area is 181 Å². The summed E-state index contributed by atoms with van der Waals surface area (Å²) in [6.07, 6.45) is 0. The van der Waals surface area contributed by atoms with Gasteiger partial charge < -0.3 is 4.81 Å². The molecule has 154 valence electrons. The zero-order valence-corrected chi connectivity index (χ0v) is 19.7. The Hall–Kier alpha value is -2.55. The molecule has 4 rings (SSSR count). The van der Waals surface area contributed by atoms with E-state index in [1.807, 2.05) is 0 Å². The largest absolute Gasteiger partial charge is 0.407 e. The predicted octanol–water partition coefficient (Wildman–Crippen LogP) is 3.50. The van der Waals surface area contributed by atoms with Crippen LogP contribution in [0.2, 0.25) is 0 Å². The van der Waals surface area contributed by atoms with Crippen LogP contribution < -0.4 is 20.6 Å². The molecule has 2 heterocycles. The molecule has 0 saturated heterocycles. The first kappa shape index (κ1) is 20.7. The summed E-state index contributed by atoms with van der Waals surface area (Å²) in [5, 5.41) is 4.11. The van der Waals surface area contributed by atoms with E-state index in [0.717, 1.165) is 0 Å². The van der Waals surface area contributed by atoms with Gasteiger partial charge in [0.1, 0.15) is 7.05 Å². The van der Waals surface area contributed by atoms with Gasteiger partial charge in [-0.2, -0.15) is 0 Å². The molecule has 0 unspecified atom stereocenters. The summed E-state index contributed by atoms with van der Waals surface area (Å²) in [5.41, 5.74) is 6.97. The first-order valence-electron chi connectivity index (χ1n) is 11.1. The van der Waals surface area contributed by atoms with Crippen molar-refractivity contribution < 1.29 is 4.57 Å². The van der Waals surface area contributed by atoms with Gasteiger partial charge in [0, 0.05) is 28.6 Å². The maximum atomic E-state index is 2.52. The fourth-order valence-electron chi connectivity index (χ4n) is 5.37. The van der Waals surface area contributed by atoms with Crippen molar-refractivity contribution in [3.8, 4) is 0 Å². The lowest BCUT2D eigenvalue weighted by Crippen LogP contribution is -2.65. The molecule has 1 aliphatic rings. The number of fused-ring (bicyclic) bond motifs is 2. The molecule has 0 spiro atoms. The first-order chi connectivity index (χ1) is 14.1. The third kappa shape index (κ3) is 3.16. The summed E-state index contributed by atoms with van der Waals surface area (Å²) in [4.78, 5) is 2.52. The number of rotatable bonds is 2. The number of hydrogen-bond donors (Lipinski definition) is 0. The number of pyridine rings is 1. The number of aromatic nitrogens is 1. The van der Waals surface area contributed by atoms with Crippen LogP contribution in [0.4, 0.5) is 0 Å². The average Bonchev–Trinajstić information content (AvgIpc) is 2.68. The van der Waals surface area contributed by atoms with E-state index in [1.54, 1.807) is 0 Å². The van der Waals surface area contributed by atoms with Crippen LogP contribution in [0.3, 0.4) is 0 Å². The summed E-state index contributed by atoms with van der Waals surface area (Å²) in [6, 6.07) is 20.2. The Kier molecular flexibility index (Phi) is 5.04. The van der Waals surface area contributed by atoms with E-state index < -0.39 is 0 Å². The highest BCUT2D eigenvalue weighted by Gasteiger charge is 2.40. The SMILES string of the molecule is CC1=c2ccccc2=C(C(C)(C)C)N(C)B1c1cc(C(C)C)c2ccccc2[n+]1C. The second-order valence-corrected chi connectivity index (χ2v) is 10.1. The van der Waals surface area contributed by atoms with Gasteiger partial charge in [-0.3, -0.25) is 0 Å². The Morgan fingerprint density at radius 2 is 1.53 bits per heavy atom. The summed E-state index contributed by atoms with van der Waals surface area (Å²) in [6.45, 7) is 14.1. The number of aryl methyl sites for hydroxylation is 1. The number of nitrogens with zero attached hydrogens (tertiary/aromatic N) is 2. The molecular weight excluding hydrogens is 363 g/mol. The number of benzene rings is 2. The zero-order valence-electron chi connectivity index (χ0n) is 19.7. The van der Waals surface area contributed by atoms with Crippen LogP contribution in [0.15, 0.2) is 54.6 Å². The molecular formula is C27H34BN2+. The fraction of sp³-hybridized carbons (Fsp3) is 0.370. The van der Waals surface area contributed by atoms with E-state index in [4.69, 9.17) is 0 Å². The lowest BCUT2D eigenvalue weighted by atomic mass is 9.48. The molecule has 30 heavy (non-hydrogen) atoms. The predicted molar refractivity (Wildman–Crippen MR) is 130 cm³/mol. The molecule has 0 amide bonds. The van der Waals surface area contributed by atoms with Crippen LogP contribution in [0.5, 0.6) is 0 Å². The molecule has 0 radical (unpaired) electrons. The average molecular weight is 397 g/mol. The summed E-state index contributed by atoms with van der Waals surface area (Å²) < 4.78 is 2.40. The Bertz CT molecular complexity index is 1250. The van der Waals surface area contributed by atoms with Crippen molar-refractivity contribution in [2.45, 2.75) is 47.5 Å². The first-order valence-corrected chi connectivity index (χ1v) is 11.1. The van der Waals surface area contributed by atoms with Gasteiger partial charge in [0.2, 0.25) is 5.52 Å². The fourth-order valence-corrected chi connectivity index (χ4v) is 5.37. The molecule has 0 bridgehead atoms. The van der Waals surface area contributed by atoms with E-state index in [2.05, 4.69) is 120 Å². The van der Waals surface area contributed by atoms with Gasteiger partial charge >= 0.3 is 6.85 Å². The van der Waals surface area contributed by atoms with Gasteiger partial charge in [0.15, 0.2) is 5.59 Å². The topological polar surface area (TPSA) is 7.12 Å². The van der Waals surface area contributed by atoms with Crippen LogP contribution in [0.1, 0.15) is 53.0 Å². The van der Waals surface area contributed by atoms with Crippen molar-refractivity contribution in [3.63, 3.8) is 0 Å². The molecule has 0 saturated carbocycles. The molecule has 3 heteroatoms. The lowest BCUT2D eigenvalue weighted by Gasteiger charge is -2.39. The smallest absolute Gasteiger partial charge is 0.399 e. The van der Waals surface area contributed by atoms with Gasteiger partial charge in [-0.15, -0.1) is 0 Å². The van der Waals surface area contributed by atoms with E-state index >= 15 is 0 Å². The Morgan fingerprint density at radius 3 is 2.17 bits per heavy atom. The van der Waals surface area contributed by atoms with Crippen molar-refractivity contribution in [2.75, 3.05) is 7.05 Å². The van der Waals surface area contributed by atoms with Gasteiger partial charge in [0.25, 0.3) is 0 Å². The molecule has 2 aromatic carbocycles. The van der Waals surface area contributed by atoms with Crippen molar-refractivity contribution in [1.29, 1.82) is 0 Å². The maximum absolute atomic E-state index is 2.52. The minimum atomic E-state index is 0.0557. The third-order valence-electron chi connectivity index (χ3n) is 6.64. The standard InChI is InChI=1S/C27H34BN2/c1-18(2)23-17-25(29(7)24-16-12-11-14-21(23)24)28-19(3)20-13-9-10-15-22(20)26(30(28)8)27(4,5)6/h9-18H,1-8H3/q+1. The third-order valence-corrected chi connectivity index (χ3v) is 6.64. The van der Waals surface area contributed by atoms with Crippen LogP contribution in [-0.2, 0) is 7.05 Å². The maximum Gasteiger partial charge on any atom is 0.399 e. The van der Waals surface area contributed by atoms with Crippen molar-refractivity contribution in [3.05, 3.63) is 70.6 Å². The zero-order chi connectivity index (χ0) is 21.8. The molecule has 1 aromatic heterocycles. The van der Waals surface area contributed by atoms with Crippen LogP contribution in [0, 0.1) is 5.41 Å². The molecule has 1 aliphatic heterocycles. The molecule has 3 aromatic rings. The number of hydrogen-bond acceptors (Lipinski definition) is 1. The molecule has 0 N–H and O–H groups in total. The second-order valence-electron chi connectivity index (χ2n) is 10.1. The van der Waals surface area contributed by atoms with Crippen LogP contribution in [-0.4, -0.2) is 18.7 Å². The van der Waals surface area contributed by atoms with Gasteiger partial charge in [-0.05, 0) is 42.0 Å². The van der Waals surface area contributed by atoms with E-state index in [0.29, 0.717) is 5.92 Å². The van der Waals surface area contributed by atoms with Crippen molar-refractivity contribution in [2.24, 2.45) is 12.5 Å². The van der Waals surface area contributed by atoms with E-state index in [-0.39, 0.29) is 12.3 Å². The highest BCUT2D eigenvalue weighted by molar-refractivity contribution is 6.86. The van der Waals surface area contributed by atoms with Gasteiger partial charge in [0.05, 0.1) is 0 Å². The quantitative estimate of drug-likeness (QED) is 0.474. The summed E-state index contributed by atoms with van der Waals surface area (Å²) in [5.74, 6) is 0.474. The van der Waals surface area contributed by atoms with Crippen molar-refractivity contribution in [1.82, 2.24) is 4.81 Å². The normalized spacial score (nSPS) is 14.7. The van der Waals surface area contributed by atoms with Gasteiger partial charge in [-0.25, -0.2) is 4.57 Å². The second kappa shape index (κ2) is 7.30. The van der Waals surface area contributed by atoms with E-state index in [1.165, 1.54) is 43.7 Å². The molecule has 0 fully saturated rings. The molecule has 2 nitrogen and oxygen atoms in total. The number of para-hydroxylation sites is 1. The monoisotopic (exact) mass is 397 g/mol.